The van der Waals surface area contributed by atoms with Gasteiger partial charge in [0.1, 0.15) is 10.6 Å². The molecular formula is C14H23ClN2O3S. The highest BCUT2D eigenvalue weighted by molar-refractivity contribution is 8.13. The first-order chi connectivity index (χ1) is 9.54. The first-order valence-corrected chi connectivity index (χ1v) is 9.24. The Kier molecular flexibility index (Phi) is 5.87. The molecule has 120 valence electrons. The summed E-state index contributed by atoms with van der Waals surface area (Å²) in [5.74, 6) is 0.982. The van der Waals surface area contributed by atoms with Crippen LogP contribution < -0.4 is 5.32 Å². The van der Waals surface area contributed by atoms with Crippen LogP contribution in [-0.2, 0) is 16.1 Å². The Morgan fingerprint density at radius 1 is 1.29 bits per heavy atom. The second-order valence-electron chi connectivity index (χ2n) is 5.97. The molecule has 0 fully saturated rings. The Hall–Kier alpha value is -1.01. The lowest BCUT2D eigenvalue weighted by molar-refractivity contribution is 0.0929. The number of rotatable bonds is 6. The zero-order valence-electron chi connectivity index (χ0n) is 13.1. The fourth-order valence-electron chi connectivity index (χ4n) is 2.44. The Morgan fingerprint density at radius 3 is 2.19 bits per heavy atom. The van der Waals surface area contributed by atoms with E-state index in [1.165, 1.54) is 16.8 Å². The number of hydrogen-bond donors (Lipinski definition) is 1. The lowest BCUT2D eigenvalue weighted by Gasteiger charge is -2.25. The van der Waals surface area contributed by atoms with Gasteiger partial charge in [0.2, 0.25) is 0 Å². The van der Waals surface area contributed by atoms with E-state index < -0.39 is 9.05 Å². The summed E-state index contributed by atoms with van der Waals surface area (Å²) < 4.78 is 24.0. The van der Waals surface area contributed by atoms with Gasteiger partial charge in [-0.3, -0.25) is 4.79 Å². The number of nitrogens with one attached hydrogen (secondary N) is 1. The summed E-state index contributed by atoms with van der Waals surface area (Å²) in [7, 11) is 3.08. The van der Waals surface area contributed by atoms with Gasteiger partial charge in [0.15, 0.2) is 0 Å². The van der Waals surface area contributed by atoms with E-state index in [0.29, 0.717) is 24.3 Å². The number of aryl methyl sites for hydroxylation is 1. The van der Waals surface area contributed by atoms with Gasteiger partial charge < -0.3 is 9.88 Å². The number of aromatic nitrogens is 1. The molecule has 1 N–H and O–H groups in total. The number of halogens is 1. The number of hydrogen-bond acceptors (Lipinski definition) is 3. The molecule has 0 unspecified atom stereocenters. The highest BCUT2D eigenvalue weighted by Crippen LogP contribution is 2.20. The average molecular weight is 335 g/mol. The predicted molar refractivity (Wildman–Crippen MR) is 84.0 cm³/mol. The van der Waals surface area contributed by atoms with Crippen molar-refractivity contribution in [1.29, 1.82) is 0 Å². The van der Waals surface area contributed by atoms with Crippen LogP contribution in [0.1, 0.15) is 38.2 Å². The van der Waals surface area contributed by atoms with Gasteiger partial charge in [-0.1, -0.05) is 27.7 Å². The van der Waals surface area contributed by atoms with E-state index in [-0.39, 0.29) is 16.5 Å². The molecule has 1 rings (SSSR count). The van der Waals surface area contributed by atoms with Crippen LogP contribution in [0.5, 0.6) is 0 Å². The van der Waals surface area contributed by atoms with Crippen molar-refractivity contribution in [2.24, 2.45) is 24.8 Å². The molecule has 1 heterocycles. The van der Waals surface area contributed by atoms with Crippen LogP contribution in [-0.4, -0.2) is 25.4 Å². The first-order valence-electron chi connectivity index (χ1n) is 6.93. The number of carbonyl (C=O) groups is 1. The summed E-state index contributed by atoms with van der Waals surface area (Å²) in [6, 6.07) is 1.29. The van der Waals surface area contributed by atoms with E-state index in [9.17, 15) is 13.2 Å². The molecule has 0 aliphatic rings. The maximum absolute atomic E-state index is 12.2. The molecule has 0 saturated carbocycles. The fourth-order valence-corrected chi connectivity index (χ4v) is 3.23. The van der Waals surface area contributed by atoms with Crippen LogP contribution in [0, 0.1) is 17.8 Å². The van der Waals surface area contributed by atoms with Gasteiger partial charge in [0, 0.05) is 30.5 Å². The van der Waals surface area contributed by atoms with Crippen molar-refractivity contribution in [1.82, 2.24) is 9.88 Å². The van der Waals surface area contributed by atoms with Crippen molar-refractivity contribution >= 4 is 25.6 Å². The molecule has 1 aromatic heterocycles. The van der Waals surface area contributed by atoms with E-state index in [4.69, 9.17) is 10.7 Å². The highest BCUT2D eigenvalue weighted by atomic mass is 35.7. The summed E-state index contributed by atoms with van der Waals surface area (Å²) in [6.45, 7) is 9.05. The number of nitrogens with zero attached hydrogens (tertiary/aromatic N) is 1. The van der Waals surface area contributed by atoms with Crippen molar-refractivity contribution in [2.75, 3.05) is 6.54 Å². The van der Waals surface area contributed by atoms with Crippen molar-refractivity contribution in [3.05, 3.63) is 18.0 Å². The summed E-state index contributed by atoms with van der Waals surface area (Å²) in [6.07, 6.45) is 1.33. The standard InChI is InChI=1S/C14H23ClN2O3S/c1-9(2)12(10(3)4)7-16-14(18)13-6-11(8-17(13)5)21(15,19)20/h6,8-10,12H,7H2,1-5H3,(H,16,18). The minimum absolute atomic E-state index is 0.0684. The Labute approximate surface area is 131 Å². The molecule has 0 aromatic carbocycles. The molecule has 0 aliphatic heterocycles. The van der Waals surface area contributed by atoms with Crippen LogP contribution in [0.2, 0.25) is 0 Å². The number of amides is 1. The molecule has 0 bridgehead atoms. The lowest BCUT2D eigenvalue weighted by atomic mass is 9.85. The van der Waals surface area contributed by atoms with Gasteiger partial charge in [-0.15, -0.1) is 0 Å². The van der Waals surface area contributed by atoms with Gasteiger partial charge in [-0.2, -0.15) is 0 Å². The van der Waals surface area contributed by atoms with Gasteiger partial charge in [-0.05, 0) is 23.8 Å². The monoisotopic (exact) mass is 334 g/mol. The second-order valence-corrected chi connectivity index (χ2v) is 8.54. The molecule has 5 nitrogen and oxygen atoms in total. The predicted octanol–water partition coefficient (Wildman–Crippen LogP) is 2.61. The van der Waals surface area contributed by atoms with Crippen LogP contribution in [0.3, 0.4) is 0 Å². The lowest BCUT2D eigenvalue weighted by Crippen LogP contribution is -2.34. The van der Waals surface area contributed by atoms with E-state index in [2.05, 4.69) is 33.0 Å². The van der Waals surface area contributed by atoms with E-state index in [0.717, 1.165) is 0 Å². The second kappa shape index (κ2) is 6.83. The van der Waals surface area contributed by atoms with E-state index in [1.54, 1.807) is 7.05 Å². The summed E-state index contributed by atoms with van der Waals surface area (Å²) in [5, 5.41) is 2.87. The van der Waals surface area contributed by atoms with Gasteiger partial charge in [-0.25, -0.2) is 8.42 Å². The Bertz CT molecular complexity index is 598. The SMILES string of the molecule is CC(C)C(CNC(=O)c1cc(S(=O)(=O)Cl)cn1C)C(C)C. The third-order valence-corrected chi connectivity index (χ3v) is 5.03. The first kappa shape index (κ1) is 18.0. The molecule has 1 amide bonds. The fraction of sp³-hybridized carbons (Fsp3) is 0.643. The highest BCUT2D eigenvalue weighted by Gasteiger charge is 2.21. The van der Waals surface area contributed by atoms with E-state index in [1.807, 2.05) is 0 Å². The molecule has 0 radical (unpaired) electrons. The minimum Gasteiger partial charge on any atom is -0.350 e. The molecule has 1 aromatic rings. The molecular weight excluding hydrogens is 312 g/mol. The van der Waals surface area contributed by atoms with Gasteiger partial charge in [0.05, 0.1) is 0 Å². The zero-order chi connectivity index (χ0) is 16.4. The molecule has 21 heavy (non-hydrogen) atoms. The largest absolute Gasteiger partial charge is 0.350 e. The molecule has 7 heteroatoms. The maximum Gasteiger partial charge on any atom is 0.267 e. The molecule has 0 atom stereocenters. The summed E-state index contributed by atoms with van der Waals surface area (Å²) >= 11 is 0. The topological polar surface area (TPSA) is 68.2 Å². The van der Waals surface area contributed by atoms with Crippen molar-refractivity contribution in [3.8, 4) is 0 Å². The summed E-state index contributed by atoms with van der Waals surface area (Å²) in [4.78, 5) is 12.1. The zero-order valence-corrected chi connectivity index (χ0v) is 14.6. The van der Waals surface area contributed by atoms with Gasteiger partial charge >= 0.3 is 0 Å². The summed E-state index contributed by atoms with van der Waals surface area (Å²) in [5.41, 5.74) is 0.278. The average Bonchev–Trinajstić information content (AvgIpc) is 2.70. The van der Waals surface area contributed by atoms with Crippen molar-refractivity contribution < 1.29 is 13.2 Å². The molecule has 0 aliphatic carbocycles. The Morgan fingerprint density at radius 2 is 1.81 bits per heavy atom. The van der Waals surface area contributed by atoms with Crippen LogP contribution >= 0.6 is 10.7 Å². The maximum atomic E-state index is 12.2. The third kappa shape index (κ3) is 4.74. The van der Waals surface area contributed by atoms with Crippen LogP contribution in [0.4, 0.5) is 0 Å². The van der Waals surface area contributed by atoms with Gasteiger partial charge in [0.25, 0.3) is 15.0 Å². The quantitative estimate of drug-likeness (QED) is 0.813. The smallest absolute Gasteiger partial charge is 0.267 e. The van der Waals surface area contributed by atoms with Crippen LogP contribution in [0.15, 0.2) is 17.2 Å². The normalized spacial score (nSPS) is 12.4. The molecule has 0 saturated heterocycles. The van der Waals surface area contributed by atoms with E-state index >= 15 is 0 Å². The minimum atomic E-state index is -3.82. The number of carbonyl (C=O) groups excluding carboxylic acids is 1. The molecule has 0 spiro atoms. The third-order valence-electron chi connectivity index (χ3n) is 3.70. The Balaban J connectivity index is 2.84. The van der Waals surface area contributed by atoms with Crippen LogP contribution in [0.25, 0.3) is 0 Å². The van der Waals surface area contributed by atoms with Crippen molar-refractivity contribution in [3.63, 3.8) is 0 Å². The van der Waals surface area contributed by atoms with Crippen molar-refractivity contribution in [2.45, 2.75) is 32.6 Å².